The quantitative estimate of drug-likeness (QED) is 0.479. The molecule has 5 heteroatoms. The summed E-state index contributed by atoms with van der Waals surface area (Å²) in [6.45, 7) is 9.80. The number of rotatable bonds is 9. The number of carbonyl (C=O) groups is 2. The summed E-state index contributed by atoms with van der Waals surface area (Å²) >= 11 is 0. The van der Waals surface area contributed by atoms with E-state index in [2.05, 4.69) is 16.8 Å². The number of piperidine rings is 1. The number of amides is 2. The lowest BCUT2D eigenvalue weighted by atomic mass is 9.96. The summed E-state index contributed by atoms with van der Waals surface area (Å²) in [4.78, 5) is 26.6. The van der Waals surface area contributed by atoms with Gasteiger partial charge in [-0.05, 0) is 61.5 Å². The summed E-state index contributed by atoms with van der Waals surface area (Å²) in [7, 11) is 0. The number of carbonyl (C=O) groups excluding carboxylic acids is 2. The number of likely N-dealkylation sites (tertiary alicyclic amines) is 1. The van der Waals surface area contributed by atoms with Gasteiger partial charge in [0.25, 0.3) is 0 Å². The second-order valence-electron chi connectivity index (χ2n) is 8.36. The van der Waals surface area contributed by atoms with E-state index < -0.39 is 0 Å². The van der Waals surface area contributed by atoms with Crippen molar-refractivity contribution in [2.24, 2.45) is 23.7 Å². The predicted octanol–water partition coefficient (Wildman–Crippen LogP) is 3.26. The lowest BCUT2D eigenvalue weighted by Gasteiger charge is -2.25. The molecule has 0 aromatic rings. The Balaban J connectivity index is 1.31. The van der Waals surface area contributed by atoms with E-state index in [1.807, 2.05) is 25.2 Å². The lowest BCUT2D eigenvalue weighted by Crippen LogP contribution is -2.34. The van der Waals surface area contributed by atoms with Crippen LogP contribution in [0.2, 0.25) is 0 Å². The summed E-state index contributed by atoms with van der Waals surface area (Å²) in [6.07, 6.45) is 14.5. The van der Waals surface area contributed by atoms with Gasteiger partial charge in [-0.3, -0.25) is 9.59 Å². The smallest absolute Gasteiger partial charge is 0.243 e. The maximum absolute atomic E-state index is 12.5. The Labute approximate surface area is 174 Å². The Morgan fingerprint density at radius 2 is 1.90 bits per heavy atom. The summed E-state index contributed by atoms with van der Waals surface area (Å²) in [5, 5.41) is 2.97. The molecule has 0 aromatic heterocycles. The van der Waals surface area contributed by atoms with E-state index in [1.165, 1.54) is 0 Å². The van der Waals surface area contributed by atoms with Crippen molar-refractivity contribution in [3.63, 3.8) is 0 Å². The predicted molar refractivity (Wildman–Crippen MR) is 115 cm³/mol. The lowest BCUT2D eigenvalue weighted by molar-refractivity contribution is -0.132. The zero-order valence-electron chi connectivity index (χ0n) is 17.5. The zero-order valence-corrected chi connectivity index (χ0v) is 17.5. The van der Waals surface area contributed by atoms with Crippen molar-refractivity contribution in [2.75, 3.05) is 32.8 Å². The topological polar surface area (TPSA) is 58.6 Å². The molecular weight excluding hydrogens is 364 g/mol. The fourth-order valence-corrected chi connectivity index (χ4v) is 4.60. The highest BCUT2D eigenvalue weighted by molar-refractivity contribution is 5.88. The number of fused-ring (bicyclic) bond motifs is 1. The Hall–Kier alpha value is -2.14. The van der Waals surface area contributed by atoms with Crippen LogP contribution < -0.4 is 5.32 Å². The van der Waals surface area contributed by atoms with Gasteiger partial charge in [0, 0.05) is 45.3 Å². The largest absolute Gasteiger partial charge is 0.381 e. The molecule has 3 atom stereocenters. The van der Waals surface area contributed by atoms with Crippen molar-refractivity contribution in [3.8, 4) is 0 Å². The molecule has 0 radical (unpaired) electrons. The first-order valence-corrected chi connectivity index (χ1v) is 10.9. The van der Waals surface area contributed by atoms with Crippen molar-refractivity contribution in [1.82, 2.24) is 10.2 Å². The molecule has 0 bridgehead atoms. The highest BCUT2D eigenvalue weighted by atomic mass is 16.5. The van der Waals surface area contributed by atoms with Crippen LogP contribution in [-0.4, -0.2) is 49.6 Å². The van der Waals surface area contributed by atoms with Crippen LogP contribution in [0.15, 0.2) is 48.6 Å². The molecule has 1 N–H and O–H groups in total. The van der Waals surface area contributed by atoms with E-state index >= 15 is 0 Å². The van der Waals surface area contributed by atoms with Gasteiger partial charge in [-0.1, -0.05) is 30.9 Å². The van der Waals surface area contributed by atoms with E-state index in [0.29, 0.717) is 42.5 Å². The van der Waals surface area contributed by atoms with Gasteiger partial charge >= 0.3 is 0 Å². The molecule has 3 aliphatic rings. The fraction of sp³-hybridized carbons (Fsp3) is 0.583. The Kier molecular flexibility index (Phi) is 7.87. The van der Waals surface area contributed by atoms with Crippen LogP contribution >= 0.6 is 0 Å². The molecule has 5 nitrogen and oxygen atoms in total. The second-order valence-corrected chi connectivity index (χ2v) is 8.36. The number of ether oxygens (including phenoxy) is 1. The third-order valence-electron chi connectivity index (χ3n) is 6.45. The van der Waals surface area contributed by atoms with Gasteiger partial charge in [0.15, 0.2) is 0 Å². The number of hydrogen-bond acceptors (Lipinski definition) is 3. The Bertz CT molecular complexity index is 676. The molecule has 158 valence electrons. The van der Waals surface area contributed by atoms with Crippen molar-refractivity contribution >= 4 is 11.8 Å². The molecule has 29 heavy (non-hydrogen) atoms. The first-order chi connectivity index (χ1) is 14.1. The summed E-state index contributed by atoms with van der Waals surface area (Å²) in [5.74, 6) is 2.68. The molecule has 0 spiro atoms. The minimum absolute atomic E-state index is 0.0719. The molecule has 2 saturated heterocycles. The molecule has 1 unspecified atom stereocenters. The fourth-order valence-electron chi connectivity index (χ4n) is 4.60. The third kappa shape index (κ3) is 6.17. The Morgan fingerprint density at radius 3 is 2.55 bits per heavy atom. The van der Waals surface area contributed by atoms with Crippen molar-refractivity contribution in [2.45, 2.75) is 32.6 Å². The maximum Gasteiger partial charge on any atom is 0.243 e. The van der Waals surface area contributed by atoms with E-state index in [0.717, 1.165) is 51.1 Å². The van der Waals surface area contributed by atoms with Crippen LogP contribution in [0, 0.1) is 23.7 Å². The van der Waals surface area contributed by atoms with E-state index in [9.17, 15) is 9.59 Å². The number of nitrogens with zero attached hydrogens (tertiary/aromatic N) is 1. The van der Waals surface area contributed by atoms with Crippen LogP contribution in [0.3, 0.4) is 0 Å². The van der Waals surface area contributed by atoms with Crippen molar-refractivity contribution in [1.29, 1.82) is 0 Å². The number of hydrogen-bond donors (Lipinski definition) is 1. The van der Waals surface area contributed by atoms with Crippen LogP contribution in [0.5, 0.6) is 0 Å². The van der Waals surface area contributed by atoms with Crippen LogP contribution in [-0.2, 0) is 14.3 Å². The number of nitrogens with one attached hydrogen (secondary N) is 1. The van der Waals surface area contributed by atoms with Crippen molar-refractivity contribution < 1.29 is 14.3 Å². The molecular formula is C24H34N2O3. The molecule has 1 aliphatic carbocycles. The third-order valence-corrected chi connectivity index (χ3v) is 6.45. The van der Waals surface area contributed by atoms with E-state index in [1.54, 1.807) is 18.2 Å². The summed E-state index contributed by atoms with van der Waals surface area (Å²) < 4.78 is 5.38. The van der Waals surface area contributed by atoms with Crippen LogP contribution in [0.4, 0.5) is 0 Å². The van der Waals surface area contributed by atoms with Gasteiger partial charge in [0.05, 0.1) is 0 Å². The SMILES string of the molecule is C=CC(/C=C/C(=O)NCCC1[C@H]2CN(C(=O)CC3CCOCC3)C[C@@H]12)=C\C=C/C. The van der Waals surface area contributed by atoms with Gasteiger partial charge in [-0.15, -0.1) is 0 Å². The molecule has 2 amide bonds. The molecule has 3 rings (SSSR count). The monoisotopic (exact) mass is 398 g/mol. The van der Waals surface area contributed by atoms with Gasteiger partial charge in [-0.25, -0.2) is 0 Å². The van der Waals surface area contributed by atoms with E-state index in [4.69, 9.17) is 4.74 Å². The summed E-state index contributed by atoms with van der Waals surface area (Å²) in [5.41, 5.74) is 0.903. The molecule has 1 saturated carbocycles. The number of allylic oxidation sites excluding steroid dienone is 6. The Morgan fingerprint density at radius 1 is 1.17 bits per heavy atom. The minimum Gasteiger partial charge on any atom is -0.381 e. The molecule has 3 fully saturated rings. The van der Waals surface area contributed by atoms with Gasteiger partial charge < -0.3 is 15.0 Å². The highest BCUT2D eigenvalue weighted by Gasteiger charge is 2.55. The zero-order chi connectivity index (χ0) is 20.6. The first kappa shape index (κ1) is 21.6. The minimum atomic E-state index is -0.0719. The molecule has 0 aromatic carbocycles. The van der Waals surface area contributed by atoms with Crippen LogP contribution in [0.25, 0.3) is 0 Å². The molecule has 2 aliphatic heterocycles. The van der Waals surface area contributed by atoms with Gasteiger partial charge in [0.2, 0.25) is 11.8 Å². The highest BCUT2D eigenvalue weighted by Crippen LogP contribution is 2.53. The maximum atomic E-state index is 12.5. The first-order valence-electron chi connectivity index (χ1n) is 10.9. The van der Waals surface area contributed by atoms with Gasteiger partial charge in [-0.2, -0.15) is 0 Å². The standard InChI is InChI=1S/C24H34N2O3/c1-3-5-6-18(4-2)7-8-23(27)25-12-9-20-21-16-26(17-22(20)21)24(28)15-19-10-13-29-14-11-19/h3-8,19-22H,2,9-17H2,1H3,(H,25,27)/b5-3-,8-7+,18-6+/t20?,21-,22+. The molecule has 2 heterocycles. The van der Waals surface area contributed by atoms with E-state index in [-0.39, 0.29) is 5.91 Å². The van der Waals surface area contributed by atoms with Crippen LogP contribution in [0.1, 0.15) is 32.6 Å². The average Bonchev–Trinajstić information content (AvgIpc) is 3.17. The summed E-state index contributed by atoms with van der Waals surface area (Å²) in [6, 6.07) is 0. The normalized spacial score (nSPS) is 27.4. The van der Waals surface area contributed by atoms with Crippen molar-refractivity contribution in [3.05, 3.63) is 48.6 Å². The second kappa shape index (κ2) is 10.6. The average molecular weight is 399 g/mol. The van der Waals surface area contributed by atoms with Gasteiger partial charge in [0.1, 0.15) is 0 Å².